The molecular formula is C11H19N3O3S. The van der Waals surface area contributed by atoms with Crippen LogP contribution in [0.5, 0.6) is 0 Å². The predicted molar refractivity (Wildman–Crippen MR) is 68.6 cm³/mol. The number of carbonyl (C=O) groups is 1. The van der Waals surface area contributed by atoms with Crippen LogP contribution in [0.25, 0.3) is 0 Å². The molecule has 0 saturated heterocycles. The van der Waals surface area contributed by atoms with Crippen LogP contribution >= 0.6 is 0 Å². The fourth-order valence-electron chi connectivity index (χ4n) is 1.59. The number of amides is 1. The molecular weight excluding hydrogens is 254 g/mol. The van der Waals surface area contributed by atoms with Gasteiger partial charge in [-0.05, 0) is 12.5 Å². The third kappa shape index (κ3) is 3.58. The Bertz CT molecular complexity index is 520. The van der Waals surface area contributed by atoms with Crippen molar-refractivity contribution in [2.24, 2.45) is 12.8 Å². The summed E-state index contributed by atoms with van der Waals surface area (Å²) in [4.78, 5) is 11.1. The van der Waals surface area contributed by atoms with Crippen LogP contribution in [0.3, 0.4) is 0 Å². The van der Waals surface area contributed by atoms with Gasteiger partial charge in [-0.3, -0.25) is 4.79 Å². The zero-order valence-electron chi connectivity index (χ0n) is 10.6. The van der Waals surface area contributed by atoms with Crippen molar-refractivity contribution in [2.45, 2.75) is 31.1 Å². The summed E-state index contributed by atoms with van der Waals surface area (Å²) >= 11 is 0. The second-order valence-corrected chi connectivity index (χ2v) is 5.91. The maximum absolute atomic E-state index is 11.9. The Morgan fingerprint density at radius 1 is 1.44 bits per heavy atom. The SMILES string of the molecule is CCCCCNS(=O)(=O)c1cc(C(N)=O)n(C)c1. The first-order chi connectivity index (χ1) is 8.38. The Morgan fingerprint density at radius 2 is 2.11 bits per heavy atom. The van der Waals surface area contributed by atoms with Crippen LogP contribution in [0.1, 0.15) is 36.7 Å². The third-order valence-corrected chi connectivity index (χ3v) is 4.04. The molecule has 1 rings (SSSR count). The molecule has 0 fully saturated rings. The van der Waals surface area contributed by atoms with Gasteiger partial charge in [0.05, 0.1) is 0 Å². The average molecular weight is 273 g/mol. The number of aryl methyl sites for hydroxylation is 1. The summed E-state index contributed by atoms with van der Waals surface area (Å²) < 4.78 is 27.7. The minimum Gasteiger partial charge on any atom is -0.364 e. The number of sulfonamides is 1. The zero-order chi connectivity index (χ0) is 13.8. The van der Waals surface area contributed by atoms with E-state index in [1.54, 1.807) is 7.05 Å². The second-order valence-electron chi connectivity index (χ2n) is 4.14. The number of unbranched alkanes of at least 4 members (excludes halogenated alkanes) is 2. The minimum absolute atomic E-state index is 0.0651. The quantitative estimate of drug-likeness (QED) is 0.712. The zero-order valence-corrected chi connectivity index (χ0v) is 11.5. The topological polar surface area (TPSA) is 94.2 Å². The number of aromatic nitrogens is 1. The van der Waals surface area contributed by atoms with Crippen LogP contribution in [0.2, 0.25) is 0 Å². The van der Waals surface area contributed by atoms with Crippen molar-refractivity contribution >= 4 is 15.9 Å². The van der Waals surface area contributed by atoms with E-state index in [0.717, 1.165) is 19.3 Å². The monoisotopic (exact) mass is 273 g/mol. The van der Waals surface area contributed by atoms with Crippen LogP contribution < -0.4 is 10.5 Å². The van der Waals surface area contributed by atoms with Gasteiger partial charge in [0.2, 0.25) is 10.0 Å². The molecule has 1 heterocycles. The molecule has 1 aromatic rings. The van der Waals surface area contributed by atoms with Crippen LogP contribution in [-0.4, -0.2) is 25.4 Å². The van der Waals surface area contributed by atoms with Gasteiger partial charge < -0.3 is 10.3 Å². The fraction of sp³-hybridized carbons (Fsp3) is 0.545. The van der Waals surface area contributed by atoms with Crippen molar-refractivity contribution in [3.8, 4) is 0 Å². The maximum Gasteiger partial charge on any atom is 0.265 e. The van der Waals surface area contributed by atoms with Gasteiger partial charge in [0, 0.05) is 19.8 Å². The van der Waals surface area contributed by atoms with E-state index >= 15 is 0 Å². The van der Waals surface area contributed by atoms with Gasteiger partial charge in [-0.25, -0.2) is 13.1 Å². The van der Waals surface area contributed by atoms with Gasteiger partial charge in [-0.15, -0.1) is 0 Å². The summed E-state index contributed by atoms with van der Waals surface area (Å²) in [5, 5.41) is 0. The Hall–Kier alpha value is -1.34. The Labute approximate surface area is 107 Å². The predicted octanol–water partition coefficient (Wildman–Crippen LogP) is 0.593. The summed E-state index contributed by atoms with van der Waals surface area (Å²) in [6, 6.07) is 1.28. The van der Waals surface area contributed by atoms with Crippen molar-refractivity contribution in [1.29, 1.82) is 0 Å². The standard InChI is InChI=1S/C11H19N3O3S/c1-3-4-5-6-13-18(16,17)9-7-10(11(12)15)14(2)8-9/h7-8,13H,3-6H2,1-2H3,(H2,12,15). The highest BCUT2D eigenvalue weighted by atomic mass is 32.2. The molecule has 0 unspecified atom stereocenters. The van der Waals surface area contributed by atoms with Gasteiger partial charge in [-0.1, -0.05) is 19.8 Å². The largest absolute Gasteiger partial charge is 0.364 e. The average Bonchev–Trinajstić information content (AvgIpc) is 2.68. The molecule has 102 valence electrons. The van der Waals surface area contributed by atoms with Gasteiger partial charge in [0.15, 0.2) is 0 Å². The van der Waals surface area contributed by atoms with E-state index in [-0.39, 0.29) is 10.6 Å². The molecule has 7 heteroatoms. The van der Waals surface area contributed by atoms with E-state index < -0.39 is 15.9 Å². The molecule has 0 aromatic carbocycles. The van der Waals surface area contributed by atoms with Crippen LogP contribution in [0.15, 0.2) is 17.2 Å². The number of nitrogens with one attached hydrogen (secondary N) is 1. The van der Waals surface area contributed by atoms with E-state index in [9.17, 15) is 13.2 Å². The molecule has 1 aromatic heterocycles. The lowest BCUT2D eigenvalue weighted by Crippen LogP contribution is -2.24. The van der Waals surface area contributed by atoms with E-state index in [4.69, 9.17) is 5.73 Å². The van der Waals surface area contributed by atoms with E-state index in [0.29, 0.717) is 6.54 Å². The molecule has 18 heavy (non-hydrogen) atoms. The number of nitrogens with two attached hydrogens (primary N) is 1. The normalized spacial score (nSPS) is 11.7. The lowest BCUT2D eigenvalue weighted by atomic mass is 10.3. The first kappa shape index (κ1) is 14.7. The number of rotatable bonds is 7. The van der Waals surface area contributed by atoms with Crippen molar-refractivity contribution in [2.75, 3.05) is 6.54 Å². The van der Waals surface area contributed by atoms with Crippen molar-refractivity contribution in [3.63, 3.8) is 0 Å². The summed E-state index contributed by atoms with van der Waals surface area (Å²) in [6.45, 7) is 2.45. The molecule has 0 saturated carbocycles. The lowest BCUT2D eigenvalue weighted by molar-refractivity contribution is 0.0992. The summed E-state index contributed by atoms with van der Waals surface area (Å²) in [5.74, 6) is -0.648. The smallest absolute Gasteiger partial charge is 0.265 e. The van der Waals surface area contributed by atoms with Gasteiger partial charge >= 0.3 is 0 Å². The van der Waals surface area contributed by atoms with E-state index in [1.807, 2.05) is 6.92 Å². The third-order valence-electron chi connectivity index (χ3n) is 2.62. The Morgan fingerprint density at radius 3 is 2.61 bits per heavy atom. The van der Waals surface area contributed by atoms with Crippen LogP contribution in [0, 0.1) is 0 Å². The van der Waals surface area contributed by atoms with Crippen LogP contribution in [0.4, 0.5) is 0 Å². The molecule has 0 aliphatic carbocycles. The Balaban J connectivity index is 2.79. The van der Waals surface area contributed by atoms with Crippen LogP contribution in [-0.2, 0) is 17.1 Å². The molecule has 6 nitrogen and oxygen atoms in total. The molecule has 3 N–H and O–H groups in total. The van der Waals surface area contributed by atoms with Crippen molar-refractivity contribution < 1.29 is 13.2 Å². The highest BCUT2D eigenvalue weighted by Crippen LogP contribution is 2.13. The fourth-order valence-corrected chi connectivity index (χ4v) is 2.73. The summed E-state index contributed by atoms with van der Waals surface area (Å²) in [5.41, 5.74) is 5.31. The highest BCUT2D eigenvalue weighted by Gasteiger charge is 2.18. The molecule has 0 radical (unpaired) electrons. The first-order valence-electron chi connectivity index (χ1n) is 5.84. The summed E-state index contributed by atoms with van der Waals surface area (Å²) in [7, 11) is -1.97. The number of nitrogens with zero attached hydrogens (tertiary/aromatic N) is 1. The van der Waals surface area contributed by atoms with Gasteiger partial charge in [0.25, 0.3) is 5.91 Å². The number of hydrogen-bond donors (Lipinski definition) is 2. The molecule has 0 aliphatic rings. The second kappa shape index (κ2) is 6.01. The minimum atomic E-state index is -3.55. The lowest BCUT2D eigenvalue weighted by Gasteiger charge is -2.03. The molecule has 1 amide bonds. The molecule has 0 atom stereocenters. The summed E-state index contributed by atoms with van der Waals surface area (Å²) in [6.07, 6.45) is 4.18. The first-order valence-corrected chi connectivity index (χ1v) is 7.32. The van der Waals surface area contributed by atoms with Gasteiger partial charge in [0.1, 0.15) is 10.6 Å². The number of carbonyl (C=O) groups excluding carboxylic acids is 1. The van der Waals surface area contributed by atoms with E-state index in [2.05, 4.69) is 4.72 Å². The van der Waals surface area contributed by atoms with Gasteiger partial charge in [-0.2, -0.15) is 0 Å². The molecule has 0 aliphatic heterocycles. The van der Waals surface area contributed by atoms with Crippen molar-refractivity contribution in [1.82, 2.24) is 9.29 Å². The maximum atomic E-state index is 11.9. The highest BCUT2D eigenvalue weighted by molar-refractivity contribution is 7.89. The molecule has 0 bridgehead atoms. The number of primary amides is 1. The Kier molecular flexibility index (Phi) is 4.92. The van der Waals surface area contributed by atoms with Crippen molar-refractivity contribution in [3.05, 3.63) is 18.0 Å². The number of hydrogen-bond acceptors (Lipinski definition) is 3. The van der Waals surface area contributed by atoms with E-state index in [1.165, 1.54) is 16.8 Å². The molecule has 0 spiro atoms.